The number of nitrogens with zero attached hydrogens (tertiary/aromatic N) is 6. The van der Waals surface area contributed by atoms with Gasteiger partial charge in [0.25, 0.3) is 0 Å². The van der Waals surface area contributed by atoms with Crippen molar-refractivity contribution in [1.82, 2.24) is 29.6 Å². The quantitative estimate of drug-likeness (QED) is 0.456. The van der Waals surface area contributed by atoms with Crippen LogP contribution in [0.3, 0.4) is 0 Å². The summed E-state index contributed by atoms with van der Waals surface area (Å²) in [5.74, 6) is 1.87. The van der Waals surface area contributed by atoms with E-state index in [1.165, 1.54) is 0 Å². The maximum atomic E-state index is 11.0. The monoisotopic (exact) mass is 419 g/mol. The molecule has 0 spiro atoms. The number of quaternary nitrogens is 1. The molecule has 1 saturated heterocycles. The maximum Gasteiger partial charge on any atom is 0.244 e. The first-order chi connectivity index (χ1) is 15.2. The highest BCUT2D eigenvalue weighted by molar-refractivity contribution is 5.53. The Morgan fingerprint density at radius 1 is 1.19 bits per heavy atom. The van der Waals surface area contributed by atoms with Crippen LogP contribution < -0.4 is 5.23 Å². The molecule has 3 aromatic heterocycles. The molecule has 4 aromatic rings. The lowest BCUT2D eigenvalue weighted by Crippen LogP contribution is -2.99. The Bertz CT molecular complexity index is 1120. The summed E-state index contributed by atoms with van der Waals surface area (Å²) < 4.78 is 7.42. The zero-order chi connectivity index (χ0) is 21.2. The molecule has 2 N–H and O–H groups in total. The molecule has 31 heavy (non-hydrogen) atoms. The molecule has 1 aliphatic rings. The van der Waals surface area contributed by atoms with Gasteiger partial charge in [-0.3, -0.25) is 9.47 Å². The SMILES string of the molecule is [O-][NH+](O)c1ccc(CN2CCCC2c2nc(-c3ccc(-n4ccnc4)nc3)no2)cc1. The largest absolute Gasteiger partial charge is 0.595 e. The molecule has 0 radical (unpaired) electrons. The standard InChI is InChI=1S/C21H21N7O3/c29-28(30)17-6-3-15(4-7-17)13-26-10-1-2-18(26)21-24-20(25-31-21)16-5-8-19(23-12-16)27-11-9-22-14-27/h3-9,11-12,14,18,28-29H,1-2,10,13H2. The molecule has 0 saturated carbocycles. The molecule has 2 atom stereocenters. The van der Waals surface area contributed by atoms with Crippen LogP contribution in [0.15, 0.2) is 65.8 Å². The van der Waals surface area contributed by atoms with Crippen LogP contribution in [-0.4, -0.2) is 41.3 Å². The van der Waals surface area contributed by atoms with E-state index in [0.29, 0.717) is 18.3 Å². The summed E-state index contributed by atoms with van der Waals surface area (Å²) in [5.41, 5.74) is 2.12. The Hall–Kier alpha value is -3.44. The molecule has 4 heterocycles. The van der Waals surface area contributed by atoms with Gasteiger partial charge in [-0.05, 0) is 37.1 Å². The minimum Gasteiger partial charge on any atom is -0.595 e. The summed E-state index contributed by atoms with van der Waals surface area (Å²) >= 11 is 0. The summed E-state index contributed by atoms with van der Waals surface area (Å²) in [6.45, 7) is 1.62. The first kappa shape index (κ1) is 19.5. The van der Waals surface area contributed by atoms with Gasteiger partial charge in [-0.15, -0.1) is 0 Å². The zero-order valence-electron chi connectivity index (χ0n) is 16.6. The minimum absolute atomic E-state index is 0.0404. The average molecular weight is 419 g/mol. The number of hydrogen-bond acceptors (Lipinski definition) is 8. The van der Waals surface area contributed by atoms with Crippen molar-refractivity contribution in [2.24, 2.45) is 0 Å². The van der Waals surface area contributed by atoms with Crippen molar-refractivity contribution in [3.8, 4) is 17.2 Å². The van der Waals surface area contributed by atoms with Crippen molar-refractivity contribution < 1.29 is 15.0 Å². The molecule has 158 valence electrons. The molecule has 1 aliphatic heterocycles. The van der Waals surface area contributed by atoms with Crippen molar-refractivity contribution in [2.75, 3.05) is 6.54 Å². The number of pyridine rings is 1. The maximum absolute atomic E-state index is 11.0. The molecule has 10 heteroatoms. The number of benzene rings is 1. The highest BCUT2D eigenvalue weighted by Gasteiger charge is 2.31. The van der Waals surface area contributed by atoms with Gasteiger partial charge in [0.2, 0.25) is 11.7 Å². The highest BCUT2D eigenvalue weighted by Crippen LogP contribution is 2.33. The van der Waals surface area contributed by atoms with E-state index >= 15 is 0 Å². The Morgan fingerprint density at radius 3 is 2.77 bits per heavy atom. The minimum atomic E-state index is -0.920. The Morgan fingerprint density at radius 2 is 2.06 bits per heavy atom. The van der Waals surface area contributed by atoms with E-state index in [9.17, 15) is 5.21 Å². The van der Waals surface area contributed by atoms with E-state index in [4.69, 9.17) is 9.73 Å². The van der Waals surface area contributed by atoms with Crippen LogP contribution in [0.1, 0.15) is 30.3 Å². The summed E-state index contributed by atoms with van der Waals surface area (Å²) in [4.78, 5) is 15.4. The third-order valence-electron chi connectivity index (χ3n) is 5.45. The van der Waals surface area contributed by atoms with E-state index in [0.717, 1.165) is 36.3 Å². The van der Waals surface area contributed by atoms with E-state index in [-0.39, 0.29) is 11.7 Å². The number of aromatic nitrogens is 5. The number of likely N-dealkylation sites (tertiary alicyclic amines) is 1. The van der Waals surface area contributed by atoms with Crippen molar-refractivity contribution >= 4 is 5.69 Å². The number of nitrogens with one attached hydrogen (secondary N) is 1. The van der Waals surface area contributed by atoms with Crippen LogP contribution in [0.25, 0.3) is 17.2 Å². The highest BCUT2D eigenvalue weighted by atomic mass is 16.8. The zero-order valence-corrected chi connectivity index (χ0v) is 16.6. The average Bonchev–Trinajstić information content (AvgIpc) is 3.56. The van der Waals surface area contributed by atoms with Crippen LogP contribution >= 0.6 is 0 Å². The Balaban J connectivity index is 1.30. The fraction of sp³-hybridized carbons (Fsp3) is 0.238. The molecule has 1 fully saturated rings. The van der Waals surface area contributed by atoms with E-state index in [1.54, 1.807) is 30.9 Å². The van der Waals surface area contributed by atoms with Gasteiger partial charge in [0, 0.05) is 42.8 Å². The third-order valence-corrected chi connectivity index (χ3v) is 5.45. The molecule has 10 nitrogen and oxygen atoms in total. The fourth-order valence-electron chi connectivity index (χ4n) is 3.84. The van der Waals surface area contributed by atoms with Gasteiger partial charge in [-0.1, -0.05) is 17.3 Å². The van der Waals surface area contributed by atoms with Crippen LogP contribution in [0.4, 0.5) is 5.69 Å². The van der Waals surface area contributed by atoms with Crippen molar-refractivity contribution in [2.45, 2.75) is 25.4 Å². The van der Waals surface area contributed by atoms with Gasteiger partial charge < -0.3 is 9.73 Å². The molecule has 0 bridgehead atoms. The normalized spacial score (nSPS) is 17.8. The van der Waals surface area contributed by atoms with Gasteiger partial charge in [0.05, 0.1) is 6.04 Å². The molecule has 0 aliphatic carbocycles. The van der Waals surface area contributed by atoms with Crippen LogP contribution in [0.5, 0.6) is 0 Å². The Kier molecular flexibility index (Phi) is 5.26. The number of rotatable bonds is 6. The van der Waals surface area contributed by atoms with E-state index in [1.807, 2.05) is 35.0 Å². The van der Waals surface area contributed by atoms with Crippen molar-refractivity contribution in [1.29, 1.82) is 0 Å². The van der Waals surface area contributed by atoms with Crippen LogP contribution in [0, 0.1) is 5.21 Å². The first-order valence-corrected chi connectivity index (χ1v) is 10.0. The second-order valence-corrected chi connectivity index (χ2v) is 7.46. The predicted octanol–water partition coefficient (Wildman–Crippen LogP) is 2.06. The van der Waals surface area contributed by atoms with E-state index in [2.05, 4.69) is 25.0 Å². The topological polar surface area (TPSA) is 121 Å². The molecule has 1 aromatic carbocycles. The predicted molar refractivity (Wildman–Crippen MR) is 109 cm³/mol. The van der Waals surface area contributed by atoms with Gasteiger partial charge in [-0.2, -0.15) is 10.2 Å². The summed E-state index contributed by atoms with van der Waals surface area (Å²) in [6.07, 6.45) is 8.93. The van der Waals surface area contributed by atoms with Gasteiger partial charge in [0.1, 0.15) is 12.1 Å². The van der Waals surface area contributed by atoms with E-state index < -0.39 is 5.23 Å². The lowest BCUT2D eigenvalue weighted by molar-refractivity contribution is -0.991. The number of hydrogen-bond donors (Lipinski definition) is 2. The Labute approximate surface area is 177 Å². The summed E-state index contributed by atoms with van der Waals surface area (Å²) in [6, 6.07) is 10.8. The molecule has 2 unspecified atom stereocenters. The molecular formula is C21H21N7O3. The third kappa shape index (κ3) is 4.09. The summed E-state index contributed by atoms with van der Waals surface area (Å²) in [5, 5.41) is 23.3. The first-order valence-electron chi connectivity index (χ1n) is 10.0. The summed E-state index contributed by atoms with van der Waals surface area (Å²) in [7, 11) is 0. The number of imidazole rings is 1. The smallest absolute Gasteiger partial charge is 0.244 e. The van der Waals surface area contributed by atoms with Crippen molar-refractivity contribution in [3.05, 3.63) is 78.0 Å². The van der Waals surface area contributed by atoms with Gasteiger partial charge >= 0.3 is 0 Å². The van der Waals surface area contributed by atoms with Crippen LogP contribution in [0.2, 0.25) is 0 Å². The van der Waals surface area contributed by atoms with Crippen LogP contribution in [-0.2, 0) is 6.54 Å². The van der Waals surface area contributed by atoms with Crippen molar-refractivity contribution in [3.63, 3.8) is 0 Å². The molecular weight excluding hydrogens is 398 g/mol. The van der Waals surface area contributed by atoms with Gasteiger partial charge in [0.15, 0.2) is 5.69 Å². The lowest BCUT2D eigenvalue weighted by Gasteiger charge is -2.21. The molecule has 0 amide bonds. The van der Waals surface area contributed by atoms with Gasteiger partial charge in [-0.25, -0.2) is 15.2 Å². The second-order valence-electron chi connectivity index (χ2n) is 7.46. The lowest BCUT2D eigenvalue weighted by atomic mass is 10.1. The fourth-order valence-corrected chi connectivity index (χ4v) is 3.84. The second kappa shape index (κ2) is 8.36. The molecule has 5 rings (SSSR count).